The zero-order valence-electron chi connectivity index (χ0n) is 12.6. The van der Waals surface area contributed by atoms with Crippen molar-refractivity contribution in [1.29, 1.82) is 0 Å². The minimum absolute atomic E-state index is 0.242. The first-order valence-electron chi connectivity index (χ1n) is 7.15. The Morgan fingerprint density at radius 1 is 1.17 bits per heavy atom. The fraction of sp³-hybridized carbons (Fsp3) is 0.167. The summed E-state index contributed by atoms with van der Waals surface area (Å²) in [4.78, 5) is 12.0. The van der Waals surface area contributed by atoms with Crippen LogP contribution in [0.25, 0.3) is 6.08 Å². The van der Waals surface area contributed by atoms with E-state index in [1.54, 1.807) is 6.92 Å². The lowest BCUT2D eigenvalue weighted by molar-refractivity contribution is -0.115. The molecule has 120 valence electrons. The van der Waals surface area contributed by atoms with Crippen molar-refractivity contribution in [2.75, 3.05) is 11.1 Å². The van der Waals surface area contributed by atoms with Gasteiger partial charge in [0, 0.05) is 17.5 Å². The first-order valence-corrected chi connectivity index (χ1v) is 8.20. The fourth-order valence-electron chi connectivity index (χ4n) is 1.84. The highest BCUT2D eigenvalue weighted by molar-refractivity contribution is 8.00. The summed E-state index contributed by atoms with van der Waals surface area (Å²) in [6.07, 6.45) is 3.98. The lowest BCUT2D eigenvalue weighted by Gasteiger charge is -2.11. The molecule has 2 rings (SSSR count). The molecule has 5 heteroatoms. The van der Waals surface area contributed by atoms with E-state index in [1.807, 2.05) is 42.5 Å². The topological polar surface area (TPSA) is 29.1 Å². The SMILES string of the molecule is CC(SCC=Cc1ccccc1)C(=O)Nc1ccc(F)c(F)c1. The molecule has 1 unspecified atom stereocenters. The van der Waals surface area contributed by atoms with Crippen LogP contribution < -0.4 is 5.32 Å². The van der Waals surface area contributed by atoms with E-state index in [0.29, 0.717) is 5.75 Å². The molecule has 0 saturated heterocycles. The molecule has 1 amide bonds. The summed E-state index contributed by atoms with van der Waals surface area (Å²) in [5, 5.41) is 2.28. The highest BCUT2D eigenvalue weighted by Crippen LogP contribution is 2.17. The molecular formula is C18H17F2NOS. The first kappa shape index (κ1) is 17.2. The van der Waals surface area contributed by atoms with Crippen molar-refractivity contribution in [3.63, 3.8) is 0 Å². The zero-order chi connectivity index (χ0) is 16.7. The Kier molecular flexibility index (Phi) is 6.35. The van der Waals surface area contributed by atoms with Crippen LogP contribution in [0.3, 0.4) is 0 Å². The summed E-state index contributed by atoms with van der Waals surface area (Å²) in [6, 6.07) is 13.2. The molecule has 1 atom stereocenters. The van der Waals surface area contributed by atoms with Crippen molar-refractivity contribution >= 4 is 29.4 Å². The van der Waals surface area contributed by atoms with E-state index in [1.165, 1.54) is 17.8 Å². The second kappa shape index (κ2) is 8.48. The van der Waals surface area contributed by atoms with Gasteiger partial charge in [-0.25, -0.2) is 8.78 Å². The van der Waals surface area contributed by atoms with E-state index >= 15 is 0 Å². The molecule has 2 nitrogen and oxygen atoms in total. The molecule has 0 bridgehead atoms. The molecule has 1 N–H and O–H groups in total. The van der Waals surface area contributed by atoms with E-state index in [2.05, 4.69) is 5.32 Å². The van der Waals surface area contributed by atoms with E-state index in [4.69, 9.17) is 0 Å². The first-order chi connectivity index (χ1) is 11.1. The zero-order valence-corrected chi connectivity index (χ0v) is 13.4. The van der Waals surface area contributed by atoms with E-state index in [9.17, 15) is 13.6 Å². The molecular weight excluding hydrogens is 316 g/mol. The highest BCUT2D eigenvalue weighted by atomic mass is 32.2. The Morgan fingerprint density at radius 2 is 1.91 bits per heavy atom. The van der Waals surface area contributed by atoms with E-state index < -0.39 is 11.6 Å². The largest absolute Gasteiger partial charge is 0.325 e. The normalized spacial score (nSPS) is 12.3. The third kappa shape index (κ3) is 5.53. The number of carbonyl (C=O) groups is 1. The predicted octanol–water partition coefficient (Wildman–Crippen LogP) is 4.74. The van der Waals surface area contributed by atoms with Crippen LogP contribution in [-0.2, 0) is 4.79 Å². The van der Waals surface area contributed by atoms with Gasteiger partial charge in [-0.05, 0) is 24.6 Å². The highest BCUT2D eigenvalue weighted by Gasteiger charge is 2.13. The van der Waals surface area contributed by atoms with Crippen LogP contribution in [0.15, 0.2) is 54.6 Å². The number of nitrogens with one attached hydrogen (secondary N) is 1. The molecule has 0 aliphatic heterocycles. The minimum Gasteiger partial charge on any atom is -0.325 e. The number of hydrogen-bond acceptors (Lipinski definition) is 2. The Balaban J connectivity index is 1.80. The van der Waals surface area contributed by atoms with Crippen molar-refractivity contribution in [3.8, 4) is 0 Å². The summed E-state index contributed by atoms with van der Waals surface area (Å²) >= 11 is 1.46. The van der Waals surface area contributed by atoms with Crippen LogP contribution in [0, 0.1) is 11.6 Å². The lowest BCUT2D eigenvalue weighted by Crippen LogP contribution is -2.22. The average molecular weight is 333 g/mol. The molecule has 0 aliphatic carbocycles. The quantitative estimate of drug-likeness (QED) is 0.827. The van der Waals surface area contributed by atoms with E-state index in [-0.39, 0.29) is 16.8 Å². The molecule has 0 aromatic heterocycles. The lowest BCUT2D eigenvalue weighted by atomic mass is 10.2. The van der Waals surface area contributed by atoms with Crippen LogP contribution in [0.1, 0.15) is 12.5 Å². The van der Waals surface area contributed by atoms with Gasteiger partial charge in [-0.3, -0.25) is 4.79 Å². The molecule has 0 radical (unpaired) electrons. The molecule has 23 heavy (non-hydrogen) atoms. The number of amides is 1. The van der Waals surface area contributed by atoms with Gasteiger partial charge in [-0.1, -0.05) is 42.5 Å². The average Bonchev–Trinajstić information content (AvgIpc) is 2.55. The van der Waals surface area contributed by atoms with E-state index in [0.717, 1.165) is 17.7 Å². The van der Waals surface area contributed by atoms with Crippen LogP contribution in [0.4, 0.5) is 14.5 Å². The molecule has 2 aromatic carbocycles. The number of hydrogen-bond donors (Lipinski definition) is 1. The van der Waals surface area contributed by atoms with Gasteiger partial charge in [0.05, 0.1) is 5.25 Å². The smallest absolute Gasteiger partial charge is 0.237 e. The maximum Gasteiger partial charge on any atom is 0.237 e. The van der Waals surface area contributed by atoms with Gasteiger partial charge in [0.15, 0.2) is 11.6 Å². The third-order valence-electron chi connectivity index (χ3n) is 3.11. The Bertz CT molecular complexity index is 689. The third-order valence-corrected chi connectivity index (χ3v) is 4.21. The van der Waals surface area contributed by atoms with Gasteiger partial charge in [0.2, 0.25) is 5.91 Å². The number of halogens is 2. The van der Waals surface area contributed by atoms with Gasteiger partial charge in [-0.2, -0.15) is 0 Å². The van der Waals surface area contributed by atoms with Crippen LogP contribution >= 0.6 is 11.8 Å². The van der Waals surface area contributed by atoms with Gasteiger partial charge in [-0.15, -0.1) is 11.8 Å². The standard InChI is InChI=1S/C18H17F2NOS/c1-13(23-11-5-8-14-6-3-2-4-7-14)18(22)21-15-9-10-16(19)17(20)12-15/h2-10,12-13H,11H2,1H3,(H,21,22). The monoisotopic (exact) mass is 333 g/mol. The molecule has 0 fully saturated rings. The van der Waals surface area contributed by atoms with Crippen molar-refractivity contribution in [1.82, 2.24) is 0 Å². The van der Waals surface area contributed by atoms with Gasteiger partial charge < -0.3 is 5.32 Å². The van der Waals surface area contributed by atoms with Crippen molar-refractivity contribution < 1.29 is 13.6 Å². The Hall–Kier alpha value is -2.14. The molecule has 0 saturated carbocycles. The maximum absolute atomic E-state index is 13.1. The van der Waals surface area contributed by atoms with Gasteiger partial charge in [0.1, 0.15) is 0 Å². The van der Waals surface area contributed by atoms with Crippen molar-refractivity contribution in [3.05, 3.63) is 71.8 Å². The fourth-order valence-corrected chi connectivity index (χ4v) is 2.55. The number of anilines is 1. The maximum atomic E-state index is 13.1. The Labute approximate surface area is 138 Å². The van der Waals surface area contributed by atoms with Gasteiger partial charge in [0.25, 0.3) is 0 Å². The number of rotatable bonds is 6. The summed E-state index contributed by atoms with van der Waals surface area (Å²) in [6.45, 7) is 1.77. The molecule has 0 heterocycles. The number of carbonyl (C=O) groups excluding carboxylic acids is 1. The Morgan fingerprint density at radius 3 is 2.61 bits per heavy atom. The number of thioether (sulfide) groups is 1. The molecule has 2 aromatic rings. The minimum atomic E-state index is -0.978. The van der Waals surface area contributed by atoms with Crippen LogP contribution in [0.2, 0.25) is 0 Å². The van der Waals surface area contributed by atoms with Crippen molar-refractivity contribution in [2.45, 2.75) is 12.2 Å². The van der Waals surface area contributed by atoms with Crippen LogP contribution in [-0.4, -0.2) is 16.9 Å². The second-order valence-corrected chi connectivity index (χ2v) is 6.28. The summed E-state index contributed by atoms with van der Waals surface area (Å²) in [5.74, 6) is -1.47. The molecule has 0 spiro atoms. The summed E-state index contributed by atoms with van der Waals surface area (Å²) in [5.41, 5.74) is 1.35. The van der Waals surface area contributed by atoms with Crippen LogP contribution in [0.5, 0.6) is 0 Å². The summed E-state index contributed by atoms with van der Waals surface area (Å²) < 4.78 is 25.9. The number of benzene rings is 2. The molecule has 0 aliphatic rings. The second-order valence-electron chi connectivity index (χ2n) is 4.91. The van der Waals surface area contributed by atoms with Crippen molar-refractivity contribution in [2.24, 2.45) is 0 Å². The predicted molar refractivity (Wildman–Crippen MR) is 92.4 cm³/mol. The van der Waals surface area contributed by atoms with Gasteiger partial charge >= 0.3 is 0 Å². The summed E-state index contributed by atoms with van der Waals surface area (Å²) in [7, 11) is 0.